The molecule has 1 aliphatic rings. The van der Waals surface area contributed by atoms with Gasteiger partial charge in [0.15, 0.2) is 11.5 Å². The zero-order valence-electron chi connectivity index (χ0n) is 13.9. The number of amides is 1. The van der Waals surface area contributed by atoms with Crippen LogP contribution in [0.5, 0.6) is 11.5 Å². The van der Waals surface area contributed by atoms with Gasteiger partial charge in [-0.3, -0.25) is 4.79 Å². The van der Waals surface area contributed by atoms with E-state index < -0.39 is 0 Å². The number of oxazole rings is 1. The van der Waals surface area contributed by atoms with Crippen molar-refractivity contribution in [2.24, 2.45) is 0 Å². The lowest BCUT2D eigenvalue weighted by molar-refractivity contribution is -0.115. The largest absolute Gasteiger partial charge is 0.486 e. The van der Waals surface area contributed by atoms with E-state index in [9.17, 15) is 4.79 Å². The number of nitrogens with one attached hydrogen (secondary N) is 1. The fourth-order valence-electron chi connectivity index (χ4n) is 2.60. The van der Waals surface area contributed by atoms with E-state index in [0.717, 1.165) is 4.88 Å². The van der Waals surface area contributed by atoms with Crippen molar-refractivity contribution < 1.29 is 18.7 Å². The molecule has 0 radical (unpaired) electrons. The van der Waals surface area contributed by atoms with Crippen LogP contribution in [0.25, 0.3) is 10.8 Å². The van der Waals surface area contributed by atoms with Crippen LogP contribution in [0.4, 0.5) is 5.69 Å². The van der Waals surface area contributed by atoms with Gasteiger partial charge in [-0.15, -0.1) is 11.3 Å². The van der Waals surface area contributed by atoms with E-state index in [1.54, 1.807) is 19.1 Å². The smallest absolute Gasteiger partial charge is 0.236 e. The number of carbonyl (C=O) groups excluding carboxylic acids is 1. The Morgan fingerprint density at radius 3 is 2.81 bits per heavy atom. The SMILES string of the molecule is Cc1oc(-c2cccs2)nc1CC(=O)Nc1cc2c(cc1Cl)OCCO2. The first-order chi connectivity index (χ1) is 12.6. The van der Waals surface area contributed by atoms with Gasteiger partial charge in [0.1, 0.15) is 19.0 Å². The molecule has 0 aliphatic carbocycles. The molecule has 6 nitrogen and oxygen atoms in total. The van der Waals surface area contributed by atoms with Crippen molar-refractivity contribution in [3.63, 3.8) is 0 Å². The summed E-state index contributed by atoms with van der Waals surface area (Å²) in [5, 5.41) is 5.13. The second-order valence-electron chi connectivity index (χ2n) is 5.70. The second kappa shape index (κ2) is 7.01. The normalized spacial score (nSPS) is 12.8. The summed E-state index contributed by atoms with van der Waals surface area (Å²) in [5.41, 5.74) is 1.07. The molecule has 0 saturated heterocycles. The van der Waals surface area contributed by atoms with Gasteiger partial charge in [0.25, 0.3) is 0 Å². The maximum Gasteiger partial charge on any atom is 0.236 e. The number of aryl methyl sites for hydroxylation is 1. The molecular formula is C18H15ClN2O4S. The first-order valence-electron chi connectivity index (χ1n) is 7.99. The van der Waals surface area contributed by atoms with Crippen LogP contribution in [0.2, 0.25) is 5.02 Å². The Morgan fingerprint density at radius 2 is 2.08 bits per heavy atom. The van der Waals surface area contributed by atoms with Crippen LogP contribution in [-0.4, -0.2) is 24.1 Å². The molecule has 1 aliphatic heterocycles. The predicted molar refractivity (Wildman–Crippen MR) is 99.3 cm³/mol. The summed E-state index contributed by atoms with van der Waals surface area (Å²) >= 11 is 7.76. The number of halogens is 1. The first-order valence-corrected chi connectivity index (χ1v) is 9.25. The van der Waals surface area contributed by atoms with E-state index in [0.29, 0.717) is 52.8 Å². The number of hydrogen-bond acceptors (Lipinski definition) is 6. The highest BCUT2D eigenvalue weighted by Gasteiger charge is 2.19. The molecule has 2 aromatic heterocycles. The zero-order valence-corrected chi connectivity index (χ0v) is 15.4. The summed E-state index contributed by atoms with van der Waals surface area (Å²) in [6, 6.07) is 7.16. The molecule has 0 fully saturated rings. The monoisotopic (exact) mass is 390 g/mol. The lowest BCUT2D eigenvalue weighted by Gasteiger charge is -2.20. The minimum Gasteiger partial charge on any atom is -0.486 e. The Labute approximate surface area is 158 Å². The van der Waals surface area contributed by atoms with Crippen molar-refractivity contribution in [1.29, 1.82) is 0 Å². The van der Waals surface area contributed by atoms with Crippen LogP contribution in [0.15, 0.2) is 34.1 Å². The van der Waals surface area contributed by atoms with Crippen molar-refractivity contribution in [3.8, 4) is 22.3 Å². The quantitative estimate of drug-likeness (QED) is 0.718. The van der Waals surface area contributed by atoms with Gasteiger partial charge in [-0.1, -0.05) is 17.7 Å². The van der Waals surface area contributed by atoms with Gasteiger partial charge in [-0.2, -0.15) is 0 Å². The number of rotatable bonds is 4. The van der Waals surface area contributed by atoms with Gasteiger partial charge < -0.3 is 19.2 Å². The average molecular weight is 391 g/mol. The maximum absolute atomic E-state index is 12.4. The third-order valence-corrected chi connectivity index (χ3v) is 5.03. The summed E-state index contributed by atoms with van der Waals surface area (Å²) in [6.45, 7) is 2.74. The highest BCUT2D eigenvalue weighted by Crippen LogP contribution is 2.38. The summed E-state index contributed by atoms with van der Waals surface area (Å²) in [5.74, 6) is 2.05. The Morgan fingerprint density at radius 1 is 1.31 bits per heavy atom. The predicted octanol–water partition coefficient (Wildman–Crippen LogP) is 4.32. The van der Waals surface area contributed by atoms with Crippen LogP contribution in [0, 0.1) is 6.92 Å². The minimum absolute atomic E-state index is 0.0888. The van der Waals surface area contributed by atoms with Gasteiger partial charge in [0.05, 0.1) is 27.7 Å². The summed E-state index contributed by atoms with van der Waals surface area (Å²) in [4.78, 5) is 17.8. The molecule has 0 saturated carbocycles. The maximum atomic E-state index is 12.4. The molecule has 0 spiro atoms. The summed E-state index contributed by atoms with van der Waals surface area (Å²) < 4.78 is 16.7. The molecule has 1 amide bonds. The number of nitrogens with zero attached hydrogens (tertiary/aromatic N) is 1. The molecule has 0 unspecified atom stereocenters. The van der Waals surface area contributed by atoms with E-state index in [2.05, 4.69) is 10.3 Å². The molecule has 3 aromatic rings. The van der Waals surface area contributed by atoms with Gasteiger partial charge in [0.2, 0.25) is 11.8 Å². The number of benzene rings is 1. The molecule has 8 heteroatoms. The Hall–Kier alpha value is -2.51. The fourth-order valence-corrected chi connectivity index (χ4v) is 3.45. The van der Waals surface area contributed by atoms with Gasteiger partial charge in [0, 0.05) is 12.1 Å². The number of aromatic nitrogens is 1. The zero-order chi connectivity index (χ0) is 18.1. The van der Waals surface area contributed by atoms with Crippen LogP contribution in [-0.2, 0) is 11.2 Å². The Bertz CT molecular complexity index is 953. The number of carbonyl (C=O) groups is 1. The first kappa shape index (κ1) is 16.9. The third kappa shape index (κ3) is 3.40. The van der Waals surface area contributed by atoms with Crippen LogP contribution in [0.1, 0.15) is 11.5 Å². The molecule has 1 N–H and O–H groups in total. The molecular weight excluding hydrogens is 376 g/mol. The van der Waals surface area contributed by atoms with Crippen molar-refractivity contribution >= 4 is 34.5 Å². The number of hydrogen-bond donors (Lipinski definition) is 1. The van der Waals surface area contributed by atoms with Crippen molar-refractivity contribution in [2.75, 3.05) is 18.5 Å². The topological polar surface area (TPSA) is 73.6 Å². The lowest BCUT2D eigenvalue weighted by atomic mass is 10.2. The number of anilines is 1. The average Bonchev–Trinajstić information content (AvgIpc) is 3.26. The standard InChI is InChI=1S/C18H15ClN2O4S/c1-10-12(21-18(25-10)16-3-2-6-26-16)9-17(22)20-13-8-15-14(7-11(13)19)23-4-5-24-15/h2-3,6-8H,4-5,9H2,1H3,(H,20,22). The molecule has 26 heavy (non-hydrogen) atoms. The lowest BCUT2D eigenvalue weighted by Crippen LogP contribution is -2.18. The number of ether oxygens (including phenoxy) is 2. The summed E-state index contributed by atoms with van der Waals surface area (Å²) in [7, 11) is 0. The Kier molecular flexibility index (Phi) is 4.57. The fraction of sp³-hybridized carbons (Fsp3) is 0.222. The van der Waals surface area contributed by atoms with Crippen LogP contribution < -0.4 is 14.8 Å². The molecule has 0 bridgehead atoms. The second-order valence-corrected chi connectivity index (χ2v) is 7.05. The molecule has 0 atom stereocenters. The third-order valence-electron chi connectivity index (χ3n) is 3.86. The van der Waals surface area contributed by atoms with Crippen LogP contribution >= 0.6 is 22.9 Å². The number of thiophene rings is 1. The molecule has 3 heterocycles. The van der Waals surface area contributed by atoms with Crippen molar-refractivity contribution in [3.05, 3.63) is 46.1 Å². The van der Waals surface area contributed by atoms with E-state index >= 15 is 0 Å². The minimum atomic E-state index is -0.238. The van der Waals surface area contributed by atoms with E-state index in [1.807, 2.05) is 17.5 Å². The van der Waals surface area contributed by atoms with E-state index in [1.165, 1.54) is 11.3 Å². The van der Waals surface area contributed by atoms with E-state index in [-0.39, 0.29) is 12.3 Å². The molecule has 1 aromatic carbocycles. The van der Waals surface area contributed by atoms with Gasteiger partial charge >= 0.3 is 0 Å². The highest BCUT2D eigenvalue weighted by atomic mass is 35.5. The van der Waals surface area contributed by atoms with Gasteiger partial charge in [-0.25, -0.2) is 4.98 Å². The Balaban J connectivity index is 1.49. The molecule has 134 valence electrons. The van der Waals surface area contributed by atoms with Crippen molar-refractivity contribution in [1.82, 2.24) is 4.98 Å². The van der Waals surface area contributed by atoms with Crippen LogP contribution in [0.3, 0.4) is 0 Å². The van der Waals surface area contributed by atoms with Crippen molar-refractivity contribution in [2.45, 2.75) is 13.3 Å². The van der Waals surface area contributed by atoms with E-state index in [4.69, 9.17) is 25.5 Å². The van der Waals surface area contributed by atoms with Gasteiger partial charge in [-0.05, 0) is 18.4 Å². The summed E-state index contributed by atoms with van der Waals surface area (Å²) in [6.07, 6.45) is 0.0888. The number of fused-ring (bicyclic) bond motifs is 1. The molecule has 4 rings (SSSR count). The highest BCUT2D eigenvalue weighted by molar-refractivity contribution is 7.13.